The van der Waals surface area contributed by atoms with Gasteiger partial charge in [-0.2, -0.15) is 0 Å². The molecule has 0 aliphatic heterocycles. The van der Waals surface area contributed by atoms with Gasteiger partial charge in [0.15, 0.2) is 4.77 Å². The van der Waals surface area contributed by atoms with Crippen LogP contribution in [0.2, 0.25) is 0 Å². The number of aromatic amines is 2. The lowest BCUT2D eigenvalue weighted by Gasteiger charge is -2.06. The number of aromatic nitrogens is 3. The SMILES string of the molecule is Cc1[nH]c(=S)nc(-c2ccc[nH]2)c1C(=O)O. The first kappa shape index (κ1) is 10.6. The Morgan fingerprint density at radius 2 is 2.31 bits per heavy atom. The third kappa shape index (κ3) is 1.74. The summed E-state index contributed by atoms with van der Waals surface area (Å²) in [5.41, 5.74) is 1.63. The van der Waals surface area contributed by atoms with E-state index in [9.17, 15) is 4.79 Å². The van der Waals surface area contributed by atoms with Crippen LogP contribution in [0.4, 0.5) is 0 Å². The highest BCUT2D eigenvalue weighted by atomic mass is 32.1. The van der Waals surface area contributed by atoms with Gasteiger partial charge in [-0.15, -0.1) is 0 Å². The molecule has 0 unspecified atom stereocenters. The van der Waals surface area contributed by atoms with Gasteiger partial charge in [0.1, 0.15) is 11.3 Å². The van der Waals surface area contributed by atoms with Gasteiger partial charge in [0.2, 0.25) is 0 Å². The van der Waals surface area contributed by atoms with Crippen molar-refractivity contribution in [3.05, 3.63) is 34.4 Å². The van der Waals surface area contributed by atoms with E-state index in [0.717, 1.165) is 0 Å². The molecular formula is C10H9N3O2S. The normalized spacial score (nSPS) is 10.3. The van der Waals surface area contributed by atoms with Crippen LogP contribution in [0, 0.1) is 11.7 Å². The summed E-state index contributed by atoms with van der Waals surface area (Å²) in [5.74, 6) is -1.03. The van der Waals surface area contributed by atoms with Crippen molar-refractivity contribution in [3.8, 4) is 11.4 Å². The van der Waals surface area contributed by atoms with E-state index in [1.807, 2.05) is 0 Å². The summed E-state index contributed by atoms with van der Waals surface area (Å²) >= 11 is 4.93. The summed E-state index contributed by atoms with van der Waals surface area (Å²) in [6.45, 7) is 1.66. The number of nitrogens with one attached hydrogen (secondary N) is 2. The molecule has 2 aromatic heterocycles. The molecule has 2 rings (SSSR count). The maximum Gasteiger partial charge on any atom is 0.339 e. The van der Waals surface area contributed by atoms with Crippen molar-refractivity contribution in [1.82, 2.24) is 15.0 Å². The lowest BCUT2D eigenvalue weighted by Crippen LogP contribution is -2.07. The van der Waals surface area contributed by atoms with E-state index < -0.39 is 5.97 Å². The zero-order valence-corrected chi connectivity index (χ0v) is 9.26. The lowest BCUT2D eigenvalue weighted by molar-refractivity contribution is 0.0696. The van der Waals surface area contributed by atoms with E-state index in [4.69, 9.17) is 17.3 Å². The second-order valence-corrected chi connectivity index (χ2v) is 3.67. The van der Waals surface area contributed by atoms with Crippen LogP contribution in [0.1, 0.15) is 16.1 Å². The monoisotopic (exact) mass is 235 g/mol. The molecule has 3 N–H and O–H groups in total. The Kier molecular flexibility index (Phi) is 2.57. The van der Waals surface area contributed by atoms with E-state index in [2.05, 4.69) is 15.0 Å². The minimum Gasteiger partial charge on any atom is -0.478 e. The molecule has 5 nitrogen and oxygen atoms in total. The number of rotatable bonds is 2. The van der Waals surface area contributed by atoms with Crippen molar-refractivity contribution in [2.75, 3.05) is 0 Å². The Labute approximate surface area is 96.2 Å². The Bertz CT molecular complexity index is 587. The quantitative estimate of drug-likeness (QED) is 0.696. The van der Waals surface area contributed by atoms with Crippen molar-refractivity contribution < 1.29 is 9.90 Å². The molecule has 0 amide bonds. The number of carbonyl (C=O) groups is 1. The molecule has 2 heterocycles. The summed E-state index contributed by atoms with van der Waals surface area (Å²) in [5, 5.41) is 9.13. The summed E-state index contributed by atoms with van der Waals surface area (Å²) in [6, 6.07) is 3.53. The number of aryl methyl sites for hydroxylation is 1. The summed E-state index contributed by atoms with van der Waals surface area (Å²) in [6.07, 6.45) is 1.71. The minimum atomic E-state index is -1.03. The van der Waals surface area contributed by atoms with Crippen LogP contribution < -0.4 is 0 Å². The van der Waals surface area contributed by atoms with E-state index >= 15 is 0 Å². The Morgan fingerprint density at radius 3 is 2.88 bits per heavy atom. The van der Waals surface area contributed by atoms with Crippen molar-refractivity contribution >= 4 is 18.2 Å². The standard InChI is InChI=1S/C10H9N3O2S/c1-5-7(9(14)15)8(13-10(16)12-5)6-3-2-4-11-6/h2-4,11H,1H3,(H,14,15)(H,12,13,16). The van der Waals surface area contributed by atoms with Gasteiger partial charge >= 0.3 is 5.97 Å². The molecule has 0 radical (unpaired) electrons. The molecule has 0 aliphatic rings. The molecule has 6 heteroatoms. The summed E-state index contributed by atoms with van der Waals surface area (Å²) in [4.78, 5) is 20.8. The second kappa shape index (κ2) is 3.90. The van der Waals surface area contributed by atoms with Gasteiger partial charge in [-0.1, -0.05) is 0 Å². The van der Waals surface area contributed by atoms with Crippen LogP contribution >= 0.6 is 12.2 Å². The maximum atomic E-state index is 11.1. The minimum absolute atomic E-state index is 0.135. The second-order valence-electron chi connectivity index (χ2n) is 3.28. The fourth-order valence-electron chi connectivity index (χ4n) is 1.52. The Balaban J connectivity index is 2.77. The molecule has 0 fully saturated rings. The van der Waals surface area contributed by atoms with Gasteiger partial charge in [-0.3, -0.25) is 0 Å². The highest BCUT2D eigenvalue weighted by Crippen LogP contribution is 2.21. The maximum absolute atomic E-state index is 11.1. The average Bonchev–Trinajstić information content (AvgIpc) is 2.67. The highest BCUT2D eigenvalue weighted by molar-refractivity contribution is 7.71. The molecule has 2 aromatic rings. The van der Waals surface area contributed by atoms with Crippen LogP contribution in [-0.4, -0.2) is 26.0 Å². The van der Waals surface area contributed by atoms with Crippen molar-refractivity contribution in [3.63, 3.8) is 0 Å². The molecule has 82 valence electrons. The molecule has 0 saturated carbocycles. The smallest absolute Gasteiger partial charge is 0.339 e. The van der Waals surface area contributed by atoms with Crippen molar-refractivity contribution in [2.24, 2.45) is 0 Å². The van der Waals surface area contributed by atoms with Crippen molar-refractivity contribution in [1.29, 1.82) is 0 Å². The number of aromatic carboxylic acids is 1. The number of carboxylic acids is 1. The Morgan fingerprint density at radius 1 is 1.56 bits per heavy atom. The molecule has 0 atom stereocenters. The fourth-order valence-corrected chi connectivity index (χ4v) is 1.76. The largest absolute Gasteiger partial charge is 0.478 e. The van der Waals surface area contributed by atoms with Gasteiger partial charge in [0.05, 0.1) is 5.69 Å². The predicted molar refractivity (Wildman–Crippen MR) is 60.9 cm³/mol. The number of hydrogen-bond donors (Lipinski definition) is 3. The Hall–Kier alpha value is -1.95. The summed E-state index contributed by atoms with van der Waals surface area (Å²) in [7, 11) is 0. The third-order valence-electron chi connectivity index (χ3n) is 2.19. The van der Waals surface area contributed by atoms with Crippen LogP contribution in [0.15, 0.2) is 18.3 Å². The first-order valence-electron chi connectivity index (χ1n) is 4.57. The average molecular weight is 235 g/mol. The van der Waals surface area contributed by atoms with Gasteiger partial charge in [0, 0.05) is 11.9 Å². The zero-order chi connectivity index (χ0) is 11.7. The number of hydrogen-bond acceptors (Lipinski definition) is 3. The van der Waals surface area contributed by atoms with Crippen molar-refractivity contribution in [2.45, 2.75) is 6.92 Å². The molecule has 16 heavy (non-hydrogen) atoms. The molecule has 0 bridgehead atoms. The van der Waals surface area contributed by atoms with E-state index in [1.54, 1.807) is 25.3 Å². The van der Waals surface area contributed by atoms with Crippen LogP contribution in [-0.2, 0) is 0 Å². The molecule has 0 spiro atoms. The van der Waals surface area contributed by atoms with Crippen LogP contribution in [0.3, 0.4) is 0 Å². The summed E-state index contributed by atoms with van der Waals surface area (Å²) < 4.78 is 0.270. The lowest BCUT2D eigenvalue weighted by atomic mass is 10.1. The number of nitrogens with zero attached hydrogens (tertiary/aromatic N) is 1. The van der Waals surface area contributed by atoms with Gasteiger partial charge in [0.25, 0.3) is 0 Å². The van der Waals surface area contributed by atoms with Gasteiger partial charge < -0.3 is 15.1 Å². The fraction of sp³-hybridized carbons (Fsp3) is 0.100. The predicted octanol–water partition coefficient (Wildman–Crippen LogP) is 2.14. The van der Waals surface area contributed by atoms with Crippen LogP contribution in [0.5, 0.6) is 0 Å². The van der Waals surface area contributed by atoms with E-state index in [1.165, 1.54) is 0 Å². The van der Waals surface area contributed by atoms with Gasteiger partial charge in [-0.25, -0.2) is 9.78 Å². The van der Waals surface area contributed by atoms with Crippen LogP contribution in [0.25, 0.3) is 11.4 Å². The molecule has 0 aliphatic carbocycles. The van der Waals surface area contributed by atoms with E-state index in [-0.39, 0.29) is 10.3 Å². The third-order valence-corrected chi connectivity index (χ3v) is 2.38. The number of H-pyrrole nitrogens is 2. The molecular weight excluding hydrogens is 226 g/mol. The van der Waals surface area contributed by atoms with E-state index in [0.29, 0.717) is 17.1 Å². The first-order chi connectivity index (χ1) is 7.59. The zero-order valence-electron chi connectivity index (χ0n) is 8.44. The number of carboxylic acid groups (broad SMARTS) is 1. The van der Waals surface area contributed by atoms with Gasteiger partial charge in [-0.05, 0) is 31.3 Å². The molecule has 0 saturated heterocycles. The first-order valence-corrected chi connectivity index (χ1v) is 4.98. The topological polar surface area (TPSA) is 81.8 Å². The molecule has 0 aromatic carbocycles. The highest BCUT2D eigenvalue weighted by Gasteiger charge is 2.17.